The number of carbonyl (C=O) groups is 1. The summed E-state index contributed by atoms with van der Waals surface area (Å²) < 4.78 is 0. The fourth-order valence-electron chi connectivity index (χ4n) is 2.05. The van der Waals surface area contributed by atoms with Crippen molar-refractivity contribution in [2.24, 2.45) is 0 Å². The van der Waals surface area contributed by atoms with Crippen LogP contribution in [0.5, 0.6) is 0 Å². The molecule has 0 heterocycles. The van der Waals surface area contributed by atoms with E-state index in [9.17, 15) is 4.79 Å². The molecule has 0 unspecified atom stereocenters. The smallest absolute Gasteiger partial charge is 0.255 e. The number of halogens is 1. The number of rotatable bonds is 5. The van der Waals surface area contributed by atoms with Crippen LogP contribution in [0.25, 0.3) is 0 Å². The summed E-state index contributed by atoms with van der Waals surface area (Å²) in [5.41, 5.74) is 2.62. The van der Waals surface area contributed by atoms with E-state index in [4.69, 9.17) is 11.6 Å². The number of hydrogen-bond acceptors (Lipinski definition) is 1. The Balaban J connectivity index is 2.15. The van der Waals surface area contributed by atoms with Gasteiger partial charge in [0.15, 0.2) is 0 Å². The first-order valence-corrected chi connectivity index (χ1v) is 7.23. The van der Waals surface area contributed by atoms with Crippen LogP contribution in [0, 0.1) is 0 Å². The molecule has 0 spiro atoms. The number of carbonyl (C=O) groups excluding carboxylic acids is 1. The topological polar surface area (TPSA) is 29.1 Å². The maximum atomic E-state index is 12.2. The van der Waals surface area contributed by atoms with Crippen LogP contribution in [0.1, 0.15) is 35.7 Å². The molecule has 0 saturated carbocycles. The molecule has 0 aromatic heterocycles. The summed E-state index contributed by atoms with van der Waals surface area (Å²) >= 11 is 5.91. The number of aryl methyl sites for hydroxylation is 1. The van der Waals surface area contributed by atoms with Gasteiger partial charge in [-0.05, 0) is 42.7 Å². The van der Waals surface area contributed by atoms with Crippen molar-refractivity contribution in [3.8, 4) is 0 Å². The molecular formula is C17H18ClNO. The molecule has 2 aromatic rings. The second kappa shape index (κ2) is 7.11. The SMILES string of the molecule is CCCCc1ccccc1NC(=O)c1cccc(Cl)c1. The van der Waals surface area contributed by atoms with Gasteiger partial charge < -0.3 is 5.32 Å². The second-order valence-electron chi connectivity index (χ2n) is 4.73. The van der Waals surface area contributed by atoms with Crippen LogP contribution in [-0.4, -0.2) is 5.91 Å². The molecule has 0 saturated heterocycles. The van der Waals surface area contributed by atoms with Gasteiger partial charge in [-0.1, -0.05) is 49.2 Å². The zero-order valence-electron chi connectivity index (χ0n) is 11.5. The van der Waals surface area contributed by atoms with E-state index >= 15 is 0 Å². The normalized spacial score (nSPS) is 10.3. The average Bonchev–Trinajstić information content (AvgIpc) is 2.46. The highest BCUT2D eigenvalue weighted by Gasteiger charge is 2.09. The van der Waals surface area contributed by atoms with Crippen LogP contribution in [0.2, 0.25) is 5.02 Å². The van der Waals surface area contributed by atoms with Gasteiger partial charge in [0.2, 0.25) is 0 Å². The summed E-state index contributed by atoms with van der Waals surface area (Å²) in [5, 5.41) is 3.53. The van der Waals surface area contributed by atoms with E-state index < -0.39 is 0 Å². The summed E-state index contributed by atoms with van der Waals surface area (Å²) in [5.74, 6) is -0.128. The van der Waals surface area contributed by atoms with E-state index in [2.05, 4.69) is 18.3 Å². The highest BCUT2D eigenvalue weighted by Crippen LogP contribution is 2.19. The van der Waals surface area contributed by atoms with E-state index in [0.29, 0.717) is 10.6 Å². The minimum Gasteiger partial charge on any atom is -0.322 e. The Morgan fingerprint density at radius 2 is 1.95 bits per heavy atom. The molecule has 2 rings (SSSR count). The van der Waals surface area contributed by atoms with E-state index in [-0.39, 0.29) is 5.91 Å². The van der Waals surface area contributed by atoms with Crippen LogP contribution in [0.15, 0.2) is 48.5 Å². The van der Waals surface area contributed by atoms with Crippen LogP contribution < -0.4 is 5.32 Å². The molecule has 3 heteroatoms. The van der Waals surface area contributed by atoms with Crippen molar-refractivity contribution < 1.29 is 4.79 Å². The third-order valence-electron chi connectivity index (χ3n) is 3.15. The fraction of sp³-hybridized carbons (Fsp3) is 0.235. The van der Waals surface area contributed by atoms with Crippen molar-refractivity contribution in [2.75, 3.05) is 5.32 Å². The van der Waals surface area contributed by atoms with Gasteiger partial charge in [0, 0.05) is 16.3 Å². The lowest BCUT2D eigenvalue weighted by molar-refractivity contribution is 0.102. The van der Waals surface area contributed by atoms with E-state index in [0.717, 1.165) is 24.9 Å². The first-order valence-electron chi connectivity index (χ1n) is 6.85. The molecule has 104 valence electrons. The minimum atomic E-state index is -0.128. The van der Waals surface area contributed by atoms with Gasteiger partial charge in [-0.25, -0.2) is 0 Å². The van der Waals surface area contributed by atoms with Crippen molar-refractivity contribution in [1.29, 1.82) is 0 Å². The molecule has 0 radical (unpaired) electrons. The number of nitrogens with one attached hydrogen (secondary N) is 1. The van der Waals surface area contributed by atoms with Crippen LogP contribution >= 0.6 is 11.6 Å². The van der Waals surface area contributed by atoms with Crippen molar-refractivity contribution in [3.05, 3.63) is 64.7 Å². The summed E-state index contributed by atoms with van der Waals surface area (Å²) in [7, 11) is 0. The molecule has 1 amide bonds. The lowest BCUT2D eigenvalue weighted by atomic mass is 10.1. The standard InChI is InChI=1S/C17H18ClNO/c1-2-3-7-13-8-4-5-11-16(13)19-17(20)14-9-6-10-15(18)12-14/h4-6,8-12H,2-3,7H2,1H3,(H,19,20). The van der Waals surface area contributed by atoms with Gasteiger partial charge in [0.25, 0.3) is 5.91 Å². The molecule has 0 aliphatic heterocycles. The monoisotopic (exact) mass is 287 g/mol. The average molecular weight is 288 g/mol. The van der Waals surface area contributed by atoms with Gasteiger partial charge in [-0.3, -0.25) is 4.79 Å². The van der Waals surface area contributed by atoms with Crippen molar-refractivity contribution in [3.63, 3.8) is 0 Å². The molecule has 0 bridgehead atoms. The van der Waals surface area contributed by atoms with Crippen LogP contribution in [-0.2, 0) is 6.42 Å². The Hall–Kier alpha value is -1.80. The van der Waals surface area contributed by atoms with Gasteiger partial charge in [-0.2, -0.15) is 0 Å². The first kappa shape index (κ1) is 14.6. The minimum absolute atomic E-state index is 0.128. The largest absolute Gasteiger partial charge is 0.322 e. The third-order valence-corrected chi connectivity index (χ3v) is 3.39. The number of unbranched alkanes of at least 4 members (excludes halogenated alkanes) is 1. The molecule has 0 fully saturated rings. The third kappa shape index (κ3) is 3.84. The molecule has 2 nitrogen and oxygen atoms in total. The Morgan fingerprint density at radius 1 is 1.15 bits per heavy atom. The lowest BCUT2D eigenvalue weighted by Gasteiger charge is -2.11. The zero-order chi connectivity index (χ0) is 14.4. The molecule has 0 aliphatic carbocycles. The highest BCUT2D eigenvalue weighted by atomic mass is 35.5. The van der Waals surface area contributed by atoms with Crippen molar-refractivity contribution in [1.82, 2.24) is 0 Å². The molecule has 20 heavy (non-hydrogen) atoms. The van der Waals surface area contributed by atoms with Crippen LogP contribution in [0.4, 0.5) is 5.69 Å². The van der Waals surface area contributed by atoms with E-state index in [1.165, 1.54) is 5.56 Å². The number of para-hydroxylation sites is 1. The van der Waals surface area contributed by atoms with Crippen molar-refractivity contribution >= 4 is 23.2 Å². The van der Waals surface area contributed by atoms with Gasteiger partial charge in [0.05, 0.1) is 0 Å². The summed E-state index contributed by atoms with van der Waals surface area (Å²) in [6.45, 7) is 2.16. The maximum absolute atomic E-state index is 12.2. The number of benzene rings is 2. The molecule has 0 aliphatic rings. The Labute approximate surface area is 124 Å². The van der Waals surface area contributed by atoms with Gasteiger partial charge >= 0.3 is 0 Å². The maximum Gasteiger partial charge on any atom is 0.255 e. The highest BCUT2D eigenvalue weighted by molar-refractivity contribution is 6.31. The Morgan fingerprint density at radius 3 is 2.70 bits per heavy atom. The summed E-state index contributed by atoms with van der Waals surface area (Å²) in [6, 6.07) is 14.9. The number of anilines is 1. The molecule has 1 N–H and O–H groups in total. The molecule has 2 aromatic carbocycles. The molecule has 0 atom stereocenters. The Bertz CT molecular complexity index is 595. The Kier molecular flexibility index (Phi) is 5.19. The fourth-order valence-corrected chi connectivity index (χ4v) is 2.24. The number of amides is 1. The van der Waals surface area contributed by atoms with Crippen LogP contribution in [0.3, 0.4) is 0 Å². The summed E-state index contributed by atoms with van der Waals surface area (Å²) in [6.07, 6.45) is 3.23. The first-order chi connectivity index (χ1) is 9.70. The quantitative estimate of drug-likeness (QED) is 0.829. The lowest BCUT2D eigenvalue weighted by Crippen LogP contribution is -2.13. The van der Waals surface area contributed by atoms with E-state index in [1.807, 2.05) is 18.2 Å². The predicted octanol–water partition coefficient (Wildman–Crippen LogP) is 4.93. The zero-order valence-corrected chi connectivity index (χ0v) is 12.3. The molecular weight excluding hydrogens is 270 g/mol. The number of hydrogen-bond donors (Lipinski definition) is 1. The summed E-state index contributed by atoms with van der Waals surface area (Å²) in [4.78, 5) is 12.2. The van der Waals surface area contributed by atoms with Gasteiger partial charge in [0.1, 0.15) is 0 Å². The van der Waals surface area contributed by atoms with Gasteiger partial charge in [-0.15, -0.1) is 0 Å². The second-order valence-corrected chi connectivity index (χ2v) is 5.16. The van der Waals surface area contributed by atoms with E-state index in [1.54, 1.807) is 24.3 Å². The van der Waals surface area contributed by atoms with Crippen molar-refractivity contribution in [2.45, 2.75) is 26.2 Å². The predicted molar refractivity (Wildman–Crippen MR) is 84.5 cm³/mol.